The lowest BCUT2D eigenvalue weighted by atomic mass is 9.99. The first kappa shape index (κ1) is 35.8. The molecule has 3 heteroatoms. The first-order chi connectivity index (χ1) is 25.4. The normalized spacial score (nSPS) is 13.2. The summed E-state index contributed by atoms with van der Waals surface area (Å²) in [6.07, 6.45) is 15.0. The van der Waals surface area contributed by atoms with E-state index in [1.54, 1.807) is 0 Å². The molecule has 0 saturated heterocycles. The molecule has 0 heterocycles. The maximum Gasteiger partial charge on any atom is 0.0461 e. The molecule has 0 saturated carbocycles. The van der Waals surface area contributed by atoms with Crippen molar-refractivity contribution in [1.82, 2.24) is 0 Å². The summed E-state index contributed by atoms with van der Waals surface area (Å²) in [5, 5.41) is 0. The maximum absolute atomic E-state index is 4.21. The van der Waals surface area contributed by atoms with Gasteiger partial charge in [0.15, 0.2) is 0 Å². The van der Waals surface area contributed by atoms with E-state index in [1.807, 2.05) is 26.0 Å². The molecular formula is C49H49N3. The molecule has 0 aliphatic heterocycles. The Morgan fingerprint density at radius 1 is 0.654 bits per heavy atom. The summed E-state index contributed by atoms with van der Waals surface area (Å²) < 4.78 is 0. The van der Waals surface area contributed by atoms with Crippen LogP contribution in [0.1, 0.15) is 40.5 Å². The van der Waals surface area contributed by atoms with Crippen LogP contribution in [0.2, 0.25) is 0 Å². The van der Waals surface area contributed by atoms with Crippen LogP contribution in [0.5, 0.6) is 0 Å². The summed E-state index contributed by atoms with van der Waals surface area (Å²) >= 11 is 0. The van der Waals surface area contributed by atoms with E-state index in [0.29, 0.717) is 6.04 Å². The Morgan fingerprint density at radius 3 is 1.60 bits per heavy atom. The summed E-state index contributed by atoms with van der Waals surface area (Å²) in [5.74, 6) is 0. The van der Waals surface area contributed by atoms with E-state index in [9.17, 15) is 0 Å². The second-order valence-corrected chi connectivity index (χ2v) is 13.2. The molecule has 0 spiro atoms. The van der Waals surface area contributed by atoms with Gasteiger partial charge in [0.05, 0.1) is 0 Å². The molecule has 0 radical (unpaired) electrons. The molecular weight excluding hydrogens is 631 g/mol. The lowest BCUT2D eigenvalue weighted by Gasteiger charge is -2.33. The van der Waals surface area contributed by atoms with Crippen molar-refractivity contribution in [3.8, 4) is 22.3 Å². The monoisotopic (exact) mass is 679 g/mol. The Morgan fingerprint density at radius 2 is 1.13 bits per heavy atom. The summed E-state index contributed by atoms with van der Waals surface area (Å²) in [6.45, 7) is 16.9. The second kappa shape index (κ2) is 16.8. The predicted molar refractivity (Wildman–Crippen MR) is 226 cm³/mol. The van der Waals surface area contributed by atoms with Crippen LogP contribution in [0, 0.1) is 0 Å². The summed E-state index contributed by atoms with van der Waals surface area (Å²) in [7, 11) is 0. The molecule has 5 aromatic carbocycles. The van der Waals surface area contributed by atoms with Gasteiger partial charge in [0.2, 0.25) is 0 Å². The Kier molecular flexibility index (Phi) is 11.5. The van der Waals surface area contributed by atoms with E-state index in [0.717, 1.165) is 47.0 Å². The van der Waals surface area contributed by atoms with E-state index in [-0.39, 0.29) is 0 Å². The minimum atomic E-state index is 0.342. The predicted octanol–water partition coefficient (Wildman–Crippen LogP) is 13.6. The van der Waals surface area contributed by atoms with Crippen molar-refractivity contribution in [2.45, 2.75) is 46.6 Å². The largest absolute Gasteiger partial charge is 0.342 e. The quantitative estimate of drug-likeness (QED) is 0.115. The van der Waals surface area contributed by atoms with Gasteiger partial charge in [-0.25, -0.2) is 0 Å². The van der Waals surface area contributed by atoms with Gasteiger partial charge in [-0.05, 0) is 122 Å². The maximum atomic E-state index is 4.21. The molecule has 1 aliphatic carbocycles. The zero-order chi connectivity index (χ0) is 36.5. The lowest BCUT2D eigenvalue weighted by molar-refractivity contribution is 0.658. The number of rotatable bonds is 13. The second-order valence-electron chi connectivity index (χ2n) is 13.2. The van der Waals surface area contributed by atoms with Crippen molar-refractivity contribution in [3.63, 3.8) is 0 Å². The van der Waals surface area contributed by atoms with E-state index in [1.165, 1.54) is 33.6 Å². The topological polar surface area (TPSA) is 9.72 Å². The molecule has 0 N–H and O–H groups in total. The van der Waals surface area contributed by atoms with Crippen molar-refractivity contribution in [3.05, 3.63) is 206 Å². The van der Waals surface area contributed by atoms with Crippen LogP contribution in [0.4, 0.5) is 22.7 Å². The van der Waals surface area contributed by atoms with E-state index in [2.05, 4.69) is 199 Å². The molecule has 0 amide bonds. The standard InChI is InChI=1S/C49H49N3/c1-7-16-39(6)50(37(3)4)48-31-27-42(28-32-48)40-23-25-41(26-24-40)43-29-33-49(34-30-43)51(38(5)8-2)46-21-15-22-47(36-35-46)52(44-17-11-9-12-18-44)45-19-13-10-14-20-45/h7,9-20,22-36,38H,3,6,8,21H2,1-2,4-5H3/b16-7-. The average molecular weight is 680 g/mol. The first-order valence-electron chi connectivity index (χ1n) is 18.2. The highest BCUT2D eigenvalue weighted by Crippen LogP contribution is 2.35. The number of para-hydroxylation sites is 2. The highest BCUT2D eigenvalue weighted by molar-refractivity contribution is 5.74. The van der Waals surface area contributed by atoms with Crippen LogP contribution in [0.25, 0.3) is 22.3 Å². The molecule has 0 aromatic heterocycles. The average Bonchev–Trinajstić information content (AvgIpc) is 3.42. The Balaban J connectivity index is 1.22. The molecule has 1 unspecified atom stereocenters. The van der Waals surface area contributed by atoms with Gasteiger partial charge in [-0.2, -0.15) is 0 Å². The molecule has 3 nitrogen and oxygen atoms in total. The number of nitrogens with zero attached hydrogens (tertiary/aromatic N) is 3. The zero-order valence-corrected chi connectivity index (χ0v) is 30.9. The number of anilines is 4. The van der Waals surface area contributed by atoms with Crippen LogP contribution in [-0.2, 0) is 0 Å². The zero-order valence-electron chi connectivity index (χ0n) is 30.9. The Labute approximate surface area is 311 Å². The van der Waals surface area contributed by atoms with Crippen LogP contribution in [-0.4, -0.2) is 6.04 Å². The SMILES string of the molecule is C=C(C)N(C(=C)/C=C\C)c1ccc(-c2ccc(-c3ccc(N(C4=CC=C(N(c5ccccc5)c5ccccc5)C=CC4)C(C)CC)cc3)cc2)cc1. The van der Waals surface area contributed by atoms with Crippen molar-refractivity contribution in [2.24, 2.45) is 0 Å². The fourth-order valence-electron chi connectivity index (χ4n) is 6.79. The summed E-state index contributed by atoms with van der Waals surface area (Å²) in [4.78, 5) is 6.89. The fourth-order valence-corrected chi connectivity index (χ4v) is 6.79. The summed E-state index contributed by atoms with van der Waals surface area (Å²) in [5.41, 5.74) is 13.5. The molecule has 52 heavy (non-hydrogen) atoms. The lowest BCUT2D eigenvalue weighted by Crippen LogP contribution is -2.31. The van der Waals surface area contributed by atoms with Gasteiger partial charge in [0.1, 0.15) is 0 Å². The van der Waals surface area contributed by atoms with Gasteiger partial charge < -0.3 is 14.7 Å². The molecule has 5 aromatic rings. The highest BCUT2D eigenvalue weighted by atomic mass is 15.2. The number of hydrogen-bond acceptors (Lipinski definition) is 3. The van der Waals surface area contributed by atoms with Crippen LogP contribution in [0.3, 0.4) is 0 Å². The van der Waals surface area contributed by atoms with E-state index in [4.69, 9.17) is 0 Å². The minimum absolute atomic E-state index is 0.342. The number of benzene rings is 5. The van der Waals surface area contributed by atoms with Crippen molar-refractivity contribution < 1.29 is 0 Å². The van der Waals surface area contributed by atoms with Gasteiger partial charge in [-0.1, -0.05) is 117 Å². The molecule has 0 bridgehead atoms. The van der Waals surface area contributed by atoms with Crippen molar-refractivity contribution in [1.29, 1.82) is 0 Å². The van der Waals surface area contributed by atoms with E-state index >= 15 is 0 Å². The molecule has 6 rings (SSSR count). The van der Waals surface area contributed by atoms with Crippen LogP contribution < -0.4 is 14.7 Å². The van der Waals surface area contributed by atoms with Gasteiger partial charge in [-0.3, -0.25) is 0 Å². The van der Waals surface area contributed by atoms with Gasteiger partial charge in [-0.15, -0.1) is 0 Å². The number of allylic oxidation sites excluding steroid dienone is 7. The number of hydrogen-bond donors (Lipinski definition) is 0. The minimum Gasteiger partial charge on any atom is -0.342 e. The molecule has 0 fully saturated rings. The third-order valence-corrected chi connectivity index (χ3v) is 9.54. The van der Waals surface area contributed by atoms with Crippen molar-refractivity contribution >= 4 is 22.7 Å². The van der Waals surface area contributed by atoms with Gasteiger partial charge >= 0.3 is 0 Å². The highest BCUT2D eigenvalue weighted by Gasteiger charge is 2.20. The first-order valence-corrected chi connectivity index (χ1v) is 18.2. The molecule has 1 aliphatic rings. The van der Waals surface area contributed by atoms with Gasteiger partial charge in [0.25, 0.3) is 0 Å². The smallest absolute Gasteiger partial charge is 0.0461 e. The Bertz CT molecular complexity index is 2040. The van der Waals surface area contributed by atoms with Crippen LogP contribution >= 0.6 is 0 Å². The fraction of sp³-hybridized carbons (Fsp3) is 0.143. The summed E-state index contributed by atoms with van der Waals surface area (Å²) in [6, 6.07) is 48.0. The third-order valence-electron chi connectivity index (χ3n) is 9.54. The van der Waals surface area contributed by atoms with E-state index < -0.39 is 0 Å². The molecule has 260 valence electrons. The van der Waals surface area contributed by atoms with Crippen LogP contribution in [0.15, 0.2) is 206 Å². The van der Waals surface area contributed by atoms with Gasteiger partial charge in [0, 0.05) is 58.0 Å². The molecule has 1 atom stereocenters. The van der Waals surface area contributed by atoms with Crippen molar-refractivity contribution in [2.75, 3.05) is 14.7 Å². The Hall–Kier alpha value is -6.06. The third kappa shape index (κ3) is 8.11.